The lowest BCUT2D eigenvalue weighted by molar-refractivity contribution is -0.0638. The molecule has 0 spiro atoms. The lowest BCUT2D eigenvalue weighted by atomic mass is 9.89. The monoisotopic (exact) mass is 219 g/mol. The number of hydrogen-bond acceptors (Lipinski definition) is 3. The molecule has 2 atom stereocenters. The first kappa shape index (κ1) is 9.88. The van der Waals surface area contributed by atoms with E-state index in [2.05, 4.69) is 11.8 Å². The maximum absolute atomic E-state index is 10.2. The molecule has 1 saturated heterocycles. The Morgan fingerprint density at radius 3 is 3.20 bits per heavy atom. The van der Waals surface area contributed by atoms with Gasteiger partial charge in [-0.15, -0.1) is 0 Å². The first-order valence-electron chi connectivity index (χ1n) is 5.47. The summed E-state index contributed by atoms with van der Waals surface area (Å²) in [5.74, 6) is 0. The molecule has 0 saturated carbocycles. The van der Waals surface area contributed by atoms with Gasteiger partial charge in [-0.2, -0.15) is 11.3 Å². The molecule has 2 radical (unpaired) electrons. The summed E-state index contributed by atoms with van der Waals surface area (Å²) < 4.78 is 0.825. The summed E-state index contributed by atoms with van der Waals surface area (Å²) in [7, 11) is 5.82. The number of aliphatic hydroxyl groups excluding tert-OH is 1. The molecule has 1 aromatic rings. The average molecular weight is 219 g/mol. The van der Waals surface area contributed by atoms with Gasteiger partial charge in [0.2, 0.25) is 0 Å². The molecule has 2 aliphatic heterocycles. The predicted molar refractivity (Wildman–Crippen MR) is 62.6 cm³/mol. The van der Waals surface area contributed by atoms with E-state index < -0.39 is 6.23 Å². The molecule has 0 aliphatic carbocycles. The Kier molecular flexibility index (Phi) is 2.04. The topological polar surface area (TPSA) is 23.5 Å². The van der Waals surface area contributed by atoms with Crippen molar-refractivity contribution in [1.82, 2.24) is 4.90 Å². The Morgan fingerprint density at radius 2 is 2.40 bits per heavy atom. The van der Waals surface area contributed by atoms with Gasteiger partial charge in [0, 0.05) is 17.0 Å². The quantitative estimate of drug-likeness (QED) is 0.664. The smallest absolute Gasteiger partial charge is 0.135 e. The van der Waals surface area contributed by atoms with Gasteiger partial charge in [0.1, 0.15) is 14.1 Å². The van der Waals surface area contributed by atoms with Crippen molar-refractivity contribution in [2.24, 2.45) is 0 Å². The van der Waals surface area contributed by atoms with E-state index in [1.165, 1.54) is 17.7 Å². The molecule has 1 N–H and O–H groups in total. The second-order valence-electron chi connectivity index (χ2n) is 4.73. The van der Waals surface area contributed by atoms with E-state index in [1.807, 2.05) is 6.07 Å². The minimum absolute atomic E-state index is 0.0370. The lowest BCUT2D eigenvalue weighted by Gasteiger charge is -2.41. The van der Waals surface area contributed by atoms with Crippen LogP contribution in [0.5, 0.6) is 0 Å². The summed E-state index contributed by atoms with van der Waals surface area (Å²) in [5, 5.41) is 10.2. The molecule has 0 amide bonds. The number of nitrogens with zero attached hydrogens (tertiary/aromatic N) is 1. The Balaban J connectivity index is 2.13. The van der Waals surface area contributed by atoms with Crippen LogP contribution >= 0.6 is 11.3 Å². The summed E-state index contributed by atoms with van der Waals surface area (Å²) in [5.41, 5.74) is 1.08. The fourth-order valence-electron chi connectivity index (χ4n) is 2.98. The van der Waals surface area contributed by atoms with E-state index in [0.717, 1.165) is 23.3 Å². The second kappa shape index (κ2) is 3.09. The average Bonchev–Trinajstić information content (AvgIpc) is 2.67. The molecule has 4 heteroatoms. The molecule has 0 bridgehead atoms. The zero-order chi connectivity index (χ0) is 10.6. The Labute approximate surface area is 95.3 Å². The molecular weight excluding hydrogens is 205 g/mol. The van der Waals surface area contributed by atoms with Crippen LogP contribution in [0.25, 0.3) is 0 Å². The minimum atomic E-state index is -0.432. The molecule has 15 heavy (non-hydrogen) atoms. The highest BCUT2D eigenvalue weighted by atomic mass is 32.1. The normalized spacial score (nSPS) is 35.2. The van der Waals surface area contributed by atoms with Crippen LogP contribution in [0.2, 0.25) is 0 Å². The van der Waals surface area contributed by atoms with Crippen molar-refractivity contribution >= 4 is 24.0 Å². The number of aliphatic hydroxyl groups is 1. The van der Waals surface area contributed by atoms with Gasteiger partial charge in [-0.1, -0.05) is 6.07 Å². The highest BCUT2D eigenvalue weighted by molar-refractivity contribution is 7.20. The summed E-state index contributed by atoms with van der Waals surface area (Å²) in [6, 6.07) is 1.94. The maximum Gasteiger partial charge on any atom is 0.135 e. The number of thiophene rings is 1. The van der Waals surface area contributed by atoms with Crippen molar-refractivity contribution in [2.45, 2.75) is 38.0 Å². The molecule has 3 heterocycles. The summed E-state index contributed by atoms with van der Waals surface area (Å²) >= 11 is 1.64. The van der Waals surface area contributed by atoms with Crippen molar-refractivity contribution < 1.29 is 5.11 Å². The maximum atomic E-state index is 10.2. The van der Waals surface area contributed by atoms with Crippen LogP contribution in [0.4, 0.5) is 0 Å². The van der Waals surface area contributed by atoms with Crippen LogP contribution in [-0.4, -0.2) is 24.4 Å². The molecule has 2 aliphatic rings. The van der Waals surface area contributed by atoms with E-state index in [9.17, 15) is 5.11 Å². The van der Waals surface area contributed by atoms with Crippen LogP contribution in [0.1, 0.15) is 42.9 Å². The molecule has 78 valence electrons. The summed E-state index contributed by atoms with van der Waals surface area (Å²) in [4.78, 5) is 3.50. The van der Waals surface area contributed by atoms with E-state index >= 15 is 0 Å². The van der Waals surface area contributed by atoms with E-state index in [4.69, 9.17) is 7.85 Å². The largest absolute Gasteiger partial charge is 0.374 e. The van der Waals surface area contributed by atoms with Gasteiger partial charge in [0.05, 0.1) is 5.54 Å². The molecular formula is C11H14BNOS. The van der Waals surface area contributed by atoms with Gasteiger partial charge in [0.15, 0.2) is 0 Å². The highest BCUT2D eigenvalue weighted by Gasteiger charge is 2.48. The Morgan fingerprint density at radius 1 is 1.60 bits per heavy atom. The first-order valence-corrected chi connectivity index (χ1v) is 6.29. The number of piperidine rings is 1. The third-order valence-corrected chi connectivity index (χ3v) is 5.02. The third-order valence-electron chi connectivity index (χ3n) is 3.79. The standard InChI is InChI=1S/C11H14BNOS/c1-11-4-2-3-5-13(11)10(14)7-6-8(12)15-9(7)11/h6,10,14H,2-5H2,1H3. The fraction of sp³-hybridized carbons (Fsp3) is 0.636. The lowest BCUT2D eigenvalue weighted by Crippen LogP contribution is -2.43. The van der Waals surface area contributed by atoms with Crippen LogP contribution in [0, 0.1) is 0 Å². The minimum Gasteiger partial charge on any atom is -0.374 e. The van der Waals surface area contributed by atoms with Crippen molar-refractivity contribution in [3.63, 3.8) is 0 Å². The third kappa shape index (κ3) is 1.19. The number of rotatable bonds is 0. The van der Waals surface area contributed by atoms with E-state index in [1.54, 1.807) is 11.3 Å². The number of hydrogen-bond donors (Lipinski definition) is 1. The van der Waals surface area contributed by atoms with E-state index in [0.29, 0.717) is 0 Å². The van der Waals surface area contributed by atoms with Crippen molar-refractivity contribution in [3.8, 4) is 0 Å². The van der Waals surface area contributed by atoms with Crippen molar-refractivity contribution in [2.75, 3.05) is 6.54 Å². The highest BCUT2D eigenvalue weighted by Crippen LogP contribution is 2.51. The first-order chi connectivity index (χ1) is 7.13. The Hall–Kier alpha value is -0.315. The zero-order valence-electron chi connectivity index (χ0n) is 8.86. The van der Waals surface area contributed by atoms with Crippen LogP contribution < -0.4 is 4.78 Å². The van der Waals surface area contributed by atoms with Gasteiger partial charge in [-0.3, -0.25) is 4.90 Å². The van der Waals surface area contributed by atoms with Gasteiger partial charge in [-0.05, 0) is 31.0 Å². The van der Waals surface area contributed by atoms with Crippen LogP contribution in [0.15, 0.2) is 6.07 Å². The predicted octanol–water partition coefficient (Wildman–Crippen LogP) is 1.25. The molecule has 2 nitrogen and oxygen atoms in total. The SMILES string of the molecule is [B]c1cc2c(s1)C1(C)CCCCN1C2O. The van der Waals surface area contributed by atoms with Gasteiger partial charge >= 0.3 is 0 Å². The van der Waals surface area contributed by atoms with E-state index in [-0.39, 0.29) is 5.54 Å². The summed E-state index contributed by atoms with van der Waals surface area (Å²) in [6.07, 6.45) is 3.14. The van der Waals surface area contributed by atoms with Crippen LogP contribution in [0.3, 0.4) is 0 Å². The molecule has 1 fully saturated rings. The zero-order valence-corrected chi connectivity index (χ0v) is 9.68. The van der Waals surface area contributed by atoms with Crippen LogP contribution in [-0.2, 0) is 5.54 Å². The summed E-state index contributed by atoms with van der Waals surface area (Å²) in [6.45, 7) is 3.23. The van der Waals surface area contributed by atoms with Crippen molar-refractivity contribution in [3.05, 3.63) is 16.5 Å². The van der Waals surface area contributed by atoms with Gasteiger partial charge < -0.3 is 5.11 Å². The molecule has 3 rings (SSSR count). The van der Waals surface area contributed by atoms with Gasteiger partial charge in [-0.25, -0.2) is 0 Å². The number of fused-ring (bicyclic) bond motifs is 3. The molecule has 0 aromatic carbocycles. The second-order valence-corrected chi connectivity index (χ2v) is 5.82. The molecule has 2 unspecified atom stereocenters. The van der Waals surface area contributed by atoms with Crippen molar-refractivity contribution in [1.29, 1.82) is 0 Å². The molecule has 1 aromatic heterocycles. The Bertz CT molecular complexity index is 405. The fourth-order valence-corrected chi connectivity index (χ4v) is 4.13. The van der Waals surface area contributed by atoms with Gasteiger partial charge in [0.25, 0.3) is 0 Å².